The summed E-state index contributed by atoms with van der Waals surface area (Å²) in [5, 5.41) is 8.90. The Morgan fingerprint density at radius 3 is 2.14 bits per heavy atom. The third-order valence-corrected chi connectivity index (χ3v) is 3.23. The van der Waals surface area contributed by atoms with E-state index < -0.39 is 5.97 Å². The number of hydrogen-bond donors (Lipinski definition) is 1. The van der Waals surface area contributed by atoms with Gasteiger partial charge in [0.15, 0.2) is 0 Å². The molecule has 0 saturated carbocycles. The molecule has 0 aromatic carbocycles. The monoisotopic (exact) mass is 200 g/mol. The Morgan fingerprint density at radius 2 is 1.71 bits per heavy atom. The molecule has 1 saturated heterocycles. The van der Waals surface area contributed by atoms with Gasteiger partial charge in [-0.05, 0) is 14.0 Å². The van der Waals surface area contributed by atoms with Crippen LogP contribution in [0.3, 0.4) is 0 Å². The van der Waals surface area contributed by atoms with E-state index in [1.54, 1.807) is 6.92 Å². The van der Waals surface area contributed by atoms with E-state index >= 15 is 0 Å². The Hall–Kier alpha value is -0.610. The van der Waals surface area contributed by atoms with Gasteiger partial charge in [0.25, 0.3) is 0 Å². The van der Waals surface area contributed by atoms with Gasteiger partial charge in [-0.1, -0.05) is 6.92 Å². The number of piperazine rings is 1. The highest BCUT2D eigenvalue weighted by atomic mass is 16.4. The van der Waals surface area contributed by atoms with Gasteiger partial charge in [-0.25, -0.2) is 0 Å². The highest BCUT2D eigenvalue weighted by Gasteiger charge is 2.26. The summed E-state index contributed by atoms with van der Waals surface area (Å²) in [5.74, 6) is -0.977. The van der Waals surface area contributed by atoms with Crippen molar-refractivity contribution in [3.8, 4) is 0 Å². The number of carboxylic acids is 1. The van der Waals surface area contributed by atoms with Crippen LogP contribution in [0.15, 0.2) is 0 Å². The Labute approximate surface area is 85.5 Å². The quantitative estimate of drug-likeness (QED) is 0.713. The van der Waals surface area contributed by atoms with Crippen molar-refractivity contribution in [1.82, 2.24) is 9.80 Å². The van der Waals surface area contributed by atoms with Crippen molar-refractivity contribution in [2.24, 2.45) is 5.92 Å². The van der Waals surface area contributed by atoms with Crippen LogP contribution in [0.25, 0.3) is 0 Å². The fourth-order valence-corrected chi connectivity index (χ4v) is 1.75. The summed E-state index contributed by atoms with van der Waals surface area (Å²) in [6.45, 7) is 7.83. The average molecular weight is 200 g/mol. The molecule has 1 N–H and O–H groups in total. The van der Waals surface area contributed by atoms with Gasteiger partial charge < -0.3 is 10.0 Å². The molecular formula is C10H20N2O2. The molecule has 1 fully saturated rings. The van der Waals surface area contributed by atoms with E-state index in [0.717, 1.165) is 26.2 Å². The molecule has 1 aliphatic rings. The van der Waals surface area contributed by atoms with Gasteiger partial charge in [0.05, 0.1) is 5.92 Å². The van der Waals surface area contributed by atoms with Crippen molar-refractivity contribution in [3.05, 3.63) is 0 Å². The van der Waals surface area contributed by atoms with Crippen molar-refractivity contribution in [1.29, 1.82) is 0 Å². The maximum atomic E-state index is 10.8. The number of hydrogen-bond acceptors (Lipinski definition) is 3. The van der Waals surface area contributed by atoms with Gasteiger partial charge in [0.1, 0.15) is 0 Å². The molecule has 0 aromatic heterocycles. The van der Waals surface area contributed by atoms with E-state index in [9.17, 15) is 4.79 Å². The zero-order valence-corrected chi connectivity index (χ0v) is 9.23. The minimum Gasteiger partial charge on any atom is -0.481 e. The zero-order valence-electron chi connectivity index (χ0n) is 9.23. The number of carbonyl (C=O) groups is 1. The molecule has 0 amide bonds. The number of likely N-dealkylation sites (N-methyl/N-ethyl adjacent to an activating group) is 1. The Bertz CT molecular complexity index is 200. The van der Waals surface area contributed by atoms with Gasteiger partial charge in [0, 0.05) is 32.2 Å². The molecule has 0 aromatic rings. The van der Waals surface area contributed by atoms with E-state index in [1.807, 2.05) is 6.92 Å². The molecule has 14 heavy (non-hydrogen) atoms. The first-order valence-electron chi connectivity index (χ1n) is 5.17. The number of rotatable bonds is 3. The molecule has 1 rings (SSSR count). The predicted octanol–water partition coefficient (Wildman–Crippen LogP) is 0.343. The van der Waals surface area contributed by atoms with Gasteiger partial charge in [-0.15, -0.1) is 0 Å². The maximum Gasteiger partial charge on any atom is 0.307 e. The summed E-state index contributed by atoms with van der Waals surface area (Å²) in [5.41, 5.74) is 0. The lowest BCUT2D eigenvalue weighted by Crippen LogP contribution is -2.50. The molecule has 1 heterocycles. The largest absolute Gasteiger partial charge is 0.481 e. The molecule has 0 aliphatic carbocycles. The molecule has 82 valence electrons. The Morgan fingerprint density at radius 1 is 1.21 bits per heavy atom. The van der Waals surface area contributed by atoms with Gasteiger partial charge in [-0.3, -0.25) is 9.69 Å². The second-order valence-electron chi connectivity index (χ2n) is 4.21. The van der Waals surface area contributed by atoms with Crippen molar-refractivity contribution >= 4 is 5.97 Å². The van der Waals surface area contributed by atoms with Crippen LogP contribution >= 0.6 is 0 Å². The van der Waals surface area contributed by atoms with E-state index in [0.29, 0.717) is 0 Å². The molecular weight excluding hydrogens is 180 g/mol. The molecule has 2 atom stereocenters. The van der Waals surface area contributed by atoms with Crippen molar-refractivity contribution < 1.29 is 9.90 Å². The van der Waals surface area contributed by atoms with E-state index in [-0.39, 0.29) is 12.0 Å². The third kappa shape index (κ3) is 2.69. The minimum absolute atomic E-state index is 0.140. The summed E-state index contributed by atoms with van der Waals surface area (Å²) < 4.78 is 0. The fourth-order valence-electron chi connectivity index (χ4n) is 1.75. The third-order valence-electron chi connectivity index (χ3n) is 3.23. The molecule has 1 aliphatic heterocycles. The second kappa shape index (κ2) is 4.75. The lowest BCUT2D eigenvalue weighted by Gasteiger charge is -2.37. The summed E-state index contributed by atoms with van der Waals surface area (Å²) in [7, 11) is 2.10. The highest BCUT2D eigenvalue weighted by molar-refractivity contribution is 5.70. The Balaban J connectivity index is 2.45. The summed E-state index contributed by atoms with van der Waals surface area (Å²) in [4.78, 5) is 15.3. The lowest BCUT2D eigenvalue weighted by atomic mass is 10.0. The first kappa shape index (κ1) is 11.5. The fraction of sp³-hybridized carbons (Fsp3) is 0.900. The van der Waals surface area contributed by atoms with Crippen LogP contribution in [-0.2, 0) is 4.79 Å². The lowest BCUT2D eigenvalue weighted by molar-refractivity contribution is -0.143. The van der Waals surface area contributed by atoms with Crippen LogP contribution in [0.5, 0.6) is 0 Å². The molecule has 4 heteroatoms. The highest BCUT2D eigenvalue weighted by Crippen LogP contribution is 2.13. The molecule has 0 spiro atoms. The van der Waals surface area contributed by atoms with Crippen LogP contribution in [0.4, 0.5) is 0 Å². The second-order valence-corrected chi connectivity index (χ2v) is 4.21. The topological polar surface area (TPSA) is 43.8 Å². The zero-order chi connectivity index (χ0) is 10.7. The standard InChI is InChI=1S/C10H20N2O2/c1-8(10(13)14)9(2)12-6-4-11(3)5-7-12/h8-9H,4-7H2,1-3H3,(H,13,14). The van der Waals surface area contributed by atoms with E-state index in [2.05, 4.69) is 16.8 Å². The van der Waals surface area contributed by atoms with E-state index in [1.165, 1.54) is 0 Å². The molecule has 4 nitrogen and oxygen atoms in total. The molecule has 0 radical (unpaired) electrons. The SMILES string of the molecule is CC(C(=O)O)C(C)N1CCN(C)CC1. The maximum absolute atomic E-state index is 10.8. The average Bonchev–Trinajstić information content (AvgIpc) is 2.16. The van der Waals surface area contributed by atoms with Crippen molar-refractivity contribution in [2.45, 2.75) is 19.9 Å². The summed E-state index contributed by atoms with van der Waals surface area (Å²) in [6, 6.07) is 0.140. The first-order valence-corrected chi connectivity index (χ1v) is 5.17. The summed E-state index contributed by atoms with van der Waals surface area (Å²) >= 11 is 0. The normalized spacial score (nSPS) is 24.5. The van der Waals surface area contributed by atoms with Crippen LogP contribution in [-0.4, -0.2) is 60.1 Å². The molecule has 2 unspecified atom stereocenters. The van der Waals surface area contributed by atoms with Crippen LogP contribution in [0, 0.1) is 5.92 Å². The number of carboxylic acid groups (broad SMARTS) is 1. The van der Waals surface area contributed by atoms with E-state index in [4.69, 9.17) is 5.11 Å². The van der Waals surface area contributed by atoms with Gasteiger partial charge in [0.2, 0.25) is 0 Å². The van der Waals surface area contributed by atoms with Crippen molar-refractivity contribution in [3.63, 3.8) is 0 Å². The van der Waals surface area contributed by atoms with Crippen LogP contribution in [0.2, 0.25) is 0 Å². The summed E-state index contributed by atoms with van der Waals surface area (Å²) in [6.07, 6.45) is 0. The molecule has 0 bridgehead atoms. The Kier molecular flexibility index (Phi) is 3.89. The van der Waals surface area contributed by atoms with Gasteiger partial charge >= 0.3 is 5.97 Å². The van der Waals surface area contributed by atoms with Crippen LogP contribution in [0.1, 0.15) is 13.8 Å². The minimum atomic E-state index is -0.698. The van der Waals surface area contributed by atoms with Crippen LogP contribution < -0.4 is 0 Å². The smallest absolute Gasteiger partial charge is 0.307 e. The number of aliphatic carboxylic acids is 1. The first-order chi connectivity index (χ1) is 6.52. The van der Waals surface area contributed by atoms with Gasteiger partial charge in [-0.2, -0.15) is 0 Å². The number of nitrogens with zero attached hydrogens (tertiary/aromatic N) is 2. The predicted molar refractivity (Wildman–Crippen MR) is 55.3 cm³/mol. The van der Waals surface area contributed by atoms with Crippen molar-refractivity contribution in [2.75, 3.05) is 33.2 Å².